The Morgan fingerprint density at radius 2 is 1.58 bits per heavy atom. The molecule has 1 aliphatic heterocycles. The second-order valence-corrected chi connectivity index (χ2v) is 8.38. The molecule has 0 radical (unpaired) electrons. The van der Waals surface area contributed by atoms with Crippen LogP contribution in [0.25, 0.3) is 0 Å². The molecule has 172 valence electrons. The molecule has 1 amide bonds. The van der Waals surface area contributed by atoms with Gasteiger partial charge in [0.2, 0.25) is 5.91 Å². The predicted octanol–water partition coefficient (Wildman–Crippen LogP) is 5.99. The maximum absolute atomic E-state index is 12.6. The number of ether oxygens (including phenoxy) is 1. The molecule has 1 heterocycles. The first-order valence-electron chi connectivity index (χ1n) is 12.1. The fourth-order valence-corrected chi connectivity index (χ4v) is 4.05. The number of hydrogen-bond donors (Lipinski definition) is 1. The van der Waals surface area contributed by atoms with Crippen LogP contribution in [0.1, 0.15) is 94.8 Å². The Balaban J connectivity index is 1.67. The third-order valence-electron chi connectivity index (χ3n) is 5.88. The lowest BCUT2D eigenvalue weighted by molar-refractivity contribution is -0.117. The van der Waals surface area contributed by atoms with Crippen molar-refractivity contribution in [2.45, 2.75) is 90.5 Å². The van der Waals surface area contributed by atoms with Crippen molar-refractivity contribution < 1.29 is 14.3 Å². The summed E-state index contributed by atoms with van der Waals surface area (Å²) in [6.45, 7) is 9.44. The first-order valence-corrected chi connectivity index (χ1v) is 12.1. The highest BCUT2D eigenvalue weighted by atomic mass is 16.5. The van der Waals surface area contributed by atoms with Crippen molar-refractivity contribution in [1.82, 2.24) is 5.32 Å². The van der Waals surface area contributed by atoms with Gasteiger partial charge in [0.15, 0.2) is 0 Å². The summed E-state index contributed by atoms with van der Waals surface area (Å²) in [6.07, 6.45) is 13.6. The van der Waals surface area contributed by atoms with Gasteiger partial charge < -0.3 is 10.1 Å². The van der Waals surface area contributed by atoms with Gasteiger partial charge in [-0.2, -0.15) is 0 Å². The zero-order valence-corrected chi connectivity index (χ0v) is 19.5. The molecule has 0 aliphatic carbocycles. The lowest BCUT2D eigenvalue weighted by Crippen LogP contribution is -2.31. The van der Waals surface area contributed by atoms with Crippen molar-refractivity contribution in [1.29, 1.82) is 0 Å². The Labute approximate surface area is 188 Å². The number of unbranched alkanes of at least 4 members (excludes halogenated alkanes) is 9. The van der Waals surface area contributed by atoms with E-state index in [9.17, 15) is 9.59 Å². The smallest absolute Gasteiger partial charge is 0.338 e. The molecule has 1 N–H and O–H groups in total. The molecule has 1 saturated heterocycles. The number of carbonyl (C=O) groups is 2. The van der Waals surface area contributed by atoms with Crippen LogP contribution in [-0.2, 0) is 9.53 Å². The molecule has 1 aliphatic rings. The van der Waals surface area contributed by atoms with Gasteiger partial charge in [0.1, 0.15) is 0 Å². The molecule has 31 heavy (non-hydrogen) atoms. The normalized spacial score (nSPS) is 16.2. The first-order chi connectivity index (χ1) is 15.1. The second kappa shape index (κ2) is 14.0. The lowest BCUT2D eigenvalue weighted by Gasteiger charge is -2.20. The Bertz CT molecular complexity index is 699. The minimum Gasteiger partial charge on any atom is -0.462 e. The summed E-state index contributed by atoms with van der Waals surface area (Å²) in [5, 5.41) is 3.50. The minimum absolute atomic E-state index is 0.0178. The average Bonchev–Trinajstić information content (AvgIpc) is 3.05. The van der Waals surface area contributed by atoms with Gasteiger partial charge in [0.25, 0.3) is 0 Å². The van der Waals surface area contributed by atoms with E-state index in [2.05, 4.69) is 18.8 Å². The third kappa shape index (κ3) is 8.13. The van der Waals surface area contributed by atoms with E-state index >= 15 is 0 Å². The maximum Gasteiger partial charge on any atom is 0.338 e. The topological polar surface area (TPSA) is 58.6 Å². The van der Waals surface area contributed by atoms with E-state index in [1.54, 1.807) is 36.1 Å². The summed E-state index contributed by atoms with van der Waals surface area (Å²) < 4.78 is 5.01. The van der Waals surface area contributed by atoms with E-state index in [0.29, 0.717) is 18.6 Å². The highest BCUT2D eigenvalue weighted by Crippen LogP contribution is 2.29. The van der Waals surface area contributed by atoms with Crippen LogP contribution in [0.15, 0.2) is 36.5 Å². The number of nitrogens with one attached hydrogen (secondary N) is 1. The molecule has 1 aromatic rings. The molecule has 0 saturated carbocycles. The first kappa shape index (κ1) is 25.1. The number of anilines is 1. The third-order valence-corrected chi connectivity index (χ3v) is 5.88. The molecule has 2 rings (SSSR count). The van der Waals surface area contributed by atoms with Crippen molar-refractivity contribution in [2.75, 3.05) is 18.1 Å². The summed E-state index contributed by atoms with van der Waals surface area (Å²) in [7, 11) is 0. The van der Waals surface area contributed by atoms with Crippen LogP contribution in [0.3, 0.4) is 0 Å². The van der Waals surface area contributed by atoms with Crippen LogP contribution in [0, 0.1) is 0 Å². The number of rotatable bonds is 15. The number of nitrogens with zero attached hydrogens (tertiary/aromatic N) is 1. The van der Waals surface area contributed by atoms with Gasteiger partial charge in [-0.05, 0) is 44.2 Å². The fourth-order valence-electron chi connectivity index (χ4n) is 4.05. The molecule has 1 unspecified atom stereocenters. The Morgan fingerprint density at radius 1 is 1.00 bits per heavy atom. The number of hydrogen-bond acceptors (Lipinski definition) is 4. The average molecular weight is 429 g/mol. The van der Waals surface area contributed by atoms with Crippen molar-refractivity contribution in [3.63, 3.8) is 0 Å². The van der Waals surface area contributed by atoms with Crippen LogP contribution >= 0.6 is 0 Å². The zero-order valence-electron chi connectivity index (χ0n) is 19.5. The summed E-state index contributed by atoms with van der Waals surface area (Å²) in [6, 6.07) is 6.92. The SMILES string of the molecule is C=C1C(NCCCCCCCCCCCC)CC(=O)N1c1ccc(C(=O)OCC)cc1. The summed E-state index contributed by atoms with van der Waals surface area (Å²) >= 11 is 0. The molecule has 1 aromatic carbocycles. The van der Waals surface area contributed by atoms with E-state index in [4.69, 9.17) is 4.74 Å². The number of esters is 1. The molecule has 0 spiro atoms. The van der Waals surface area contributed by atoms with Gasteiger partial charge in [-0.3, -0.25) is 9.69 Å². The quantitative estimate of drug-likeness (QED) is 0.275. The maximum atomic E-state index is 12.6. The summed E-state index contributed by atoms with van der Waals surface area (Å²) in [4.78, 5) is 26.0. The van der Waals surface area contributed by atoms with E-state index < -0.39 is 0 Å². The highest BCUT2D eigenvalue weighted by Gasteiger charge is 2.34. The number of benzene rings is 1. The standard InChI is InChI=1S/C26H40N2O3/c1-4-6-7-8-9-10-11-12-13-14-19-27-24-20-25(29)28(21(24)3)23-17-15-22(16-18-23)26(30)31-5-2/h15-18,24,27H,3-14,19-20H2,1-2H3. The van der Waals surface area contributed by atoms with Crippen LogP contribution in [0.4, 0.5) is 5.69 Å². The molecular formula is C26H40N2O3. The van der Waals surface area contributed by atoms with Crippen molar-refractivity contribution in [2.24, 2.45) is 0 Å². The zero-order chi connectivity index (χ0) is 22.5. The van der Waals surface area contributed by atoms with E-state index in [1.807, 2.05) is 0 Å². The van der Waals surface area contributed by atoms with Gasteiger partial charge in [-0.15, -0.1) is 0 Å². The van der Waals surface area contributed by atoms with Crippen molar-refractivity contribution >= 4 is 17.6 Å². The second-order valence-electron chi connectivity index (χ2n) is 8.38. The molecule has 0 aromatic heterocycles. The van der Waals surface area contributed by atoms with Crippen molar-refractivity contribution in [3.8, 4) is 0 Å². The van der Waals surface area contributed by atoms with E-state index in [-0.39, 0.29) is 17.9 Å². The van der Waals surface area contributed by atoms with Crippen LogP contribution in [0.5, 0.6) is 0 Å². The fraction of sp³-hybridized carbons (Fsp3) is 0.615. The lowest BCUT2D eigenvalue weighted by atomic mass is 10.1. The molecule has 0 bridgehead atoms. The predicted molar refractivity (Wildman–Crippen MR) is 127 cm³/mol. The molecular weight excluding hydrogens is 388 g/mol. The Kier molecular flexibility index (Phi) is 11.4. The molecule has 1 fully saturated rings. The van der Waals surface area contributed by atoms with Crippen LogP contribution < -0.4 is 10.2 Å². The van der Waals surface area contributed by atoms with E-state index in [0.717, 1.165) is 24.4 Å². The van der Waals surface area contributed by atoms with Crippen molar-refractivity contribution in [3.05, 3.63) is 42.1 Å². The van der Waals surface area contributed by atoms with Gasteiger partial charge in [-0.1, -0.05) is 71.3 Å². The largest absolute Gasteiger partial charge is 0.462 e. The van der Waals surface area contributed by atoms with Gasteiger partial charge in [0, 0.05) is 17.8 Å². The summed E-state index contributed by atoms with van der Waals surface area (Å²) in [5.41, 5.74) is 2.01. The summed E-state index contributed by atoms with van der Waals surface area (Å²) in [5.74, 6) is -0.314. The monoisotopic (exact) mass is 428 g/mol. The number of carbonyl (C=O) groups excluding carboxylic acids is 2. The number of amides is 1. The van der Waals surface area contributed by atoms with Gasteiger partial charge in [-0.25, -0.2) is 4.79 Å². The Morgan fingerprint density at radius 3 is 2.16 bits per heavy atom. The van der Waals surface area contributed by atoms with E-state index in [1.165, 1.54) is 57.8 Å². The highest BCUT2D eigenvalue weighted by molar-refractivity contribution is 6.01. The Hall–Kier alpha value is -2.14. The van der Waals surface area contributed by atoms with Gasteiger partial charge in [0.05, 0.1) is 18.2 Å². The van der Waals surface area contributed by atoms with Gasteiger partial charge >= 0.3 is 5.97 Å². The molecule has 5 heteroatoms. The minimum atomic E-state index is -0.350. The van der Waals surface area contributed by atoms with Crippen LogP contribution in [0.2, 0.25) is 0 Å². The molecule has 1 atom stereocenters. The van der Waals surface area contributed by atoms with Crippen LogP contribution in [-0.4, -0.2) is 31.1 Å². The molecule has 5 nitrogen and oxygen atoms in total.